The maximum absolute atomic E-state index is 12.8. The molecule has 3 amide bonds. The monoisotopic (exact) mass is 519 g/mol. The predicted octanol–water partition coefficient (Wildman–Crippen LogP) is -4.37. The summed E-state index contributed by atoms with van der Waals surface area (Å²) in [6, 6.07) is -6.20. The van der Waals surface area contributed by atoms with E-state index in [4.69, 9.17) is 27.4 Å². The number of rotatable bonds is 17. The van der Waals surface area contributed by atoms with Gasteiger partial charge in [-0.25, -0.2) is 4.79 Å². The summed E-state index contributed by atoms with van der Waals surface area (Å²) in [6.45, 7) is 1.31. The SMILES string of the molecule is CC(O)C(N)C(=O)NC(CCCN=C(N)N)C(=O)NC(CC(=O)O)C(=O)NC(CCC(=O)O)C(=O)O. The van der Waals surface area contributed by atoms with E-state index < -0.39 is 85.2 Å². The van der Waals surface area contributed by atoms with Crippen LogP contribution in [-0.2, 0) is 28.8 Å². The molecule has 0 aromatic carbocycles. The van der Waals surface area contributed by atoms with Crippen LogP contribution in [0.4, 0.5) is 0 Å². The minimum atomic E-state index is -1.77. The number of nitrogens with zero attached hydrogens (tertiary/aromatic N) is 1. The van der Waals surface area contributed by atoms with E-state index in [9.17, 15) is 39.0 Å². The van der Waals surface area contributed by atoms with Gasteiger partial charge in [0.1, 0.15) is 24.2 Å². The van der Waals surface area contributed by atoms with Crippen molar-refractivity contribution in [2.24, 2.45) is 22.2 Å². The highest BCUT2D eigenvalue weighted by molar-refractivity contribution is 5.95. The topological polar surface area (TPSA) is 310 Å². The van der Waals surface area contributed by atoms with Gasteiger partial charge < -0.3 is 53.6 Å². The zero-order valence-electron chi connectivity index (χ0n) is 19.5. The largest absolute Gasteiger partial charge is 0.481 e. The standard InChI is InChI=1S/C19H33N7O10/c1-8(27)14(20)17(34)24-9(3-2-6-23-19(21)22)15(32)26-11(7-13(30)31)16(33)25-10(18(35)36)4-5-12(28)29/h8-11,14,27H,2-7,20H2,1H3,(H,24,34)(H,25,33)(H,26,32)(H,28,29)(H,30,31)(H,35,36)(H4,21,22,23). The summed E-state index contributed by atoms with van der Waals surface area (Å²) in [7, 11) is 0. The summed E-state index contributed by atoms with van der Waals surface area (Å²) >= 11 is 0. The summed E-state index contributed by atoms with van der Waals surface area (Å²) in [4.78, 5) is 74.7. The number of nitrogens with two attached hydrogens (primary N) is 3. The van der Waals surface area contributed by atoms with Crippen LogP contribution in [0.5, 0.6) is 0 Å². The van der Waals surface area contributed by atoms with E-state index in [1.54, 1.807) is 0 Å². The van der Waals surface area contributed by atoms with E-state index in [1.165, 1.54) is 6.92 Å². The van der Waals surface area contributed by atoms with Crippen LogP contribution in [0.1, 0.15) is 39.0 Å². The van der Waals surface area contributed by atoms with Gasteiger partial charge in [0.05, 0.1) is 12.5 Å². The number of carboxylic acids is 3. The van der Waals surface area contributed by atoms with Crippen LogP contribution in [-0.4, -0.2) is 98.8 Å². The Balaban J connectivity index is 5.63. The average molecular weight is 520 g/mol. The normalized spacial score (nSPS) is 14.8. The Bertz CT molecular complexity index is 844. The van der Waals surface area contributed by atoms with Crippen molar-refractivity contribution in [1.82, 2.24) is 16.0 Å². The van der Waals surface area contributed by atoms with Crippen LogP contribution in [0, 0.1) is 0 Å². The third-order valence-corrected chi connectivity index (χ3v) is 4.67. The van der Waals surface area contributed by atoms with Crippen molar-refractivity contribution in [2.75, 3.05) is 6.54 Å². The highest BCUT2D eigenvalue weighted by Gasteiger charge is 2.32. The quantitative estimate of drug-likeness (QED) is 0.0493. The molecule has 17 heteroatoms. The summed E-state index contributed by atoms with van der Waals surface area (Å²) in [5, 5.41) is 43.0. The molecule has 36 heavy (non-hydrogen) atoms. The van der Waals surface area contributed by atoms with Crippen molar-refractivity contribution < 1.29 is 49.2 Å². The molecule has 0 saturated heterocycles. The Hall–Kier alpha value is -3.99. The Kier molecular flexibility index (Phi) is 14.1. The van der Waals surface area contributed by atoms with Gasteiger partial charge in [-0.05, 0) is 26.2 Å². The van der Waals surface area contributed by atoms with E-state index in [0.29, 0.717) is 0 Å². The first kappa shape index (κ1) is 32.0. The molecule has 0 aliphatic carbocycles. The molecule has 0 rings (SSSR count). The van der Waals surface area contributed by atoms with E-state index in [1.807, 2.05) is 5.32 Å². The minimum Gasteiger partial charge on any atom is -0.481 e. The fourth-order valence-electron chi connectivity index (χ4n) is 2.71. The molecule has 0 aliphatic heterocycles. The maximum atomic E-state index is 12.8. The second-order valence-electron chi connectivity index (χ2n) is 7.77. The fraction of sp³-hybridized carbons (Fsp3) is 0.632. The Morgan fingerprint density at radius 3 is 1.81 bits per heavy atom. The molecule has 0 radical (unpaired) electrons. The van der Waals surface area contributed by atoms with E-state index >= 15 is 0 Å². The molecule has 0 bridgehead atoms. The number of aliphatic hydroxyl groups is 1. The third kappa shape index (κ3) is 13.0. The van der Waals surface area contributed by atoms with Gasteiger partial charge in [-0.1, -0.05) is 0 Å². The van der Waals surface area contributed by atoms with Gasteiger partial charge in [-0.2, -0.15) is 0 Å². The minimum absolute atomic E-state index is 0.0628. The molecule has 0 aromatic heterocycles. The van der Waals surface area contributed by atoms with Crippen LogP contribution >= 0.6 is 0 Å². The molecule has 0 spiro atoms. The number of hydrogen-bond donors (Lipinski definition) is 10. The lowest BCUT2D eigenvalue weighted by Crippen LogP contribution is -2.58. The molecule has 13 N–H and O–H groups in total. The summed E-state index contributed by atoms with van der Waals surface area (Å²) in [5.41, 5.74) is 16.0. The summed E-state index contributed by atoms with van der Waals surface area (Å²) < 4.78 is 0. The van der Waals surface area contributed by atoms with Crippen molar-refractivity contribution >= 4 is 41.6 Å². The molecule has 0 heterocycles. The Morgan fingerprint density at radius 1 is 0.806 bits per heavy atom. The second-order valence-corrected chi connectivity index (χ2v) is 7.77. The zero-order chi connectivity index (χ0) is 28.0. The average Bonchev–Trinajstić information content (AvgIpc) is 2.76. The predicted molar refractivity (Wildman–Crippen MR) is 122 cm³/mol. The number of carbonyl (C=O) groups is 6. The number of aliphatic hydroxyl groups excluding tert-OH is 1. The molecule has 5 atom stereocenters. The maximum Gasteiger partial charge on any atom is 0.326 e. The number of aliphatic imine (C=N–C) groups is 1. The Labute approximate surface area is 205 Å². The van der Waals surface area contributed by atoms with Crippen molar-refractivity contribution in [3.8, 4) is 0 Å². The summed E-state index contributed by atoms with van der Waals surface area (Å²) in [5.74, 6) is -7.74. The second kappa shape index (κ2) is 15.8. The van der Waals surface area contributed by atoms with Gasteiger partial charge in [-0.15, -0.1) is 0 Å². The lowest BCUT2D eigenvalue weighted by molar-refractivity contribution is -0.144. The van der Waals surface area contributed by atoms with Crippen LogP contribution in [0.15, 0.2) is 4.99 Å². The van der Waals surface area contributed by atoms with Gasteiger partial charge in [-0.3, -0.25) is 29.0 Å². The van der Waals surface area contributed by atoms with Gasteiger partial charge >= 0.3 is 17.9 Å². The van der Waals surface area contributed by atoms with Gasteiger partial charge in [0.25, 0.3) is 0 Å². The van der Waals surface area contributed by atoms with E-state index in [2.05, 4.69) is 15.6 Å². The first-order chi connectivity index (χ1) is 16.6. The number of carboxylic acid groups (broad SMARTS) is 3. The van der Waals surface area contributed by atoms with Crippen LogP contribution in [0.25, 0.3) is 0 Å². The smallest absolute Gasteiger partial charge is 0.326 e. The fourth-order valence-corrected chi connectivity index (χ4v) is 2.71. The number of amides is 3. The van der Waals surface area contributed by atoms with Crippen LogP contribution in [0.3, 0.4) is 0 Å². The molecule has 0 aliphatic rings. The van der Waals surface area contributed by atoms with Crippen molar-refractivity contribution in [2.45, 2.75) is 69.3 Å². The molecule has 0 aromatic rings. The van der Waals surface area contributed by atoms with Crippen LogP contribution < -0.4 is 33.2 Å². The highest BCUT2D eigenvalue weighted by atomic mass is 16.4. The summed E-state index contributed by atoms with van der Waals surface area (Å²) in [6.07, 6.45) is -3.24. The first-order valence-electron chi connectivity index (χ1n) is 10.7. The van der Waals surface area contributed by atoms with Crippen molar-refractivity contribution in [3.05, 3.63) is 0 Å². The van der Waals surface area contributed by atoms with Gasteiger partial charge in [0.15, 0.2) is 5.96 Å². The number of hydrogen-bond acceptors (Lipinski definition) is 9. The lowest BCUT2D eigenvalue weighted by Gasteiger charge is -2.25. The molecule has 204 valence electrons. The Morgan fingerprint density at radius 2 is 1.33 bits per heavy atom. The molecular weight excluding hydrogens is 486 g/mol. The molecule has 5 unspecified atom stereocenters. The van der Waals surface area contributed by atoms with E-state index in [0.717, 1.165) is 0 Å². The number of nitrogens with one attached hydrogen (secondary N) is 3. The van der Waals surface area contributed by atoms with E-state index in [-0.39, 0.29) is 25.3 Å². The lowest BCUT2D eigenvalue weighted by atomic mass is 10.1. The molecule has 0 fully saturated rings. The van der Waals surface area contributed by atoms with Gasteiger partial charge in [0, 0.05) is 13.0 Å². The third-order valence-electron chi connectivity index (χ3n) is 4.67. The number of guanidine groups is 1. The number of aliphatic carboxylic acids is 3. The van der Waals surface area contributed by atoms with Crippen LogP contribution in [0.2, 0.25) is 0 Å². The van der Waals surface area contributed by atoms with Crippen molar-refractivity contribution in [3.63, 3.8) is 0 Å². The number of carbonyl (C=O) groups excluding carboxylic acids is 3. The first-order valence-corrected chi connectivity index (χ1v) is 10.7. The van der Waals surface area contributed by atoms with Gasteiger partial charge in [0.2, 0.25) is 17.7 Å². The molecule has 0 saturated carbocycles. The highest BCUT2D eigenvalue weighted by Crippen LogP contribution is 2.05. The van der Waals surface area contributed by atoms with Crippen molar-refractivity contribution in [1.29, 1.82) is 0 Å². The molecular formula is C19H33N7O10. The zero-order valence-corrected chi connectivity index (χ0v) is 19.5. The molecule has 17 nitrogen and oxygen atoms in total.